The van der Waals surface area contributed by atoms with Gasteiger partial charge in [0, 0.05) is 12.5 Å². The van der Waals surface area contributed by atoms with Crippen molar-refractivity contribution in [1.29, 1.82) is 0 Å². The molecule has 0 aromatic carbocycles. The van der Waals surface area contributed by atoms with E-state index in [0.717, 1.165) is 25.7 Å². The Bertz CT molecular complexity index is 240. The van der Waals surface area contributed by atoms with E-state index in [4.69, 9.17) is 4.74 Å². The zero-order chi connectivity index (χ0) is 16.9. The number of unbranched alkanes of at least 4 members (excludes halogenated alkanes) is 8. The van der Waals surface area contributed by atoms with E-state index < -0.39 is 17.9 Å². The third kappa shape index (κ3) is 8.45. The summed E-state index contributed by atoms with van der Waals surface area (Å²) in [5.74, 6) is -2.72. The molecule has 0 saturated carbocycles. The Hall–Kier alpha value is -0.180. The average molecular weight is 321 g/mol. The number of alkyl halides is 2. The first kappa shape index (κ1) is 21.8. The Balaban J connectivity index is 4.41. The SMILES string of the molecule is CCCCCCCC(C)(CCCCCCC)C(F)(F)COC. The lowest BCUT2D eigenvalue weighted by atomic mass is 9.74. The first-order valence-electron chi connectivity index (χ1n) is 9.30. The van der Waals surface area contributed by atoms with Crippen LogP contribution in [0.4, 0.5) is 8.78 Å². The molecule has 0 rings (SSSR count). The van der Waals surface area contributed by atoms with Gasteiger partial charge in [-0.1, -0.05) is 85.0 Å². The number of ether oxygens (including phenoxy) is 1. The summed E-state index contributed by atoms with van der Waals surface area (Å²) in [4.78, 5) is 0. The fraction of sp³-hybridized carbons (Fsp3) is 1.00. The first-order chi connectivity index (χ1) is 10.4. The normalized spacial score (nSPS) is 12.8. The van der Waals surface area contributed by atoms with Crippen molar-refractivity contribution in [2.45, 2.75) is 104 Å². The van der Waals surface area contributed by atoms with Gasteiger partial charge in [0.05, 0.1) is 0 Å². The molecule has 0 bridgehead atoms. The second kappa shape index (κ2) is 12.3. The summed E-state index contributed by atoms with van der Waals surface area (Å²) in [5.41, 5.74) is -0.915. The molecule has 0 unspecified atom stereocenters. The van der Waals surface area contributed by atoms with Crippen LogP contribution in [0.5, 0.6) is 0 Å². The lowest BCUT2D eigenvalue weighted by Crippen LogP contribution is -2.42. The summed E-state index contributed by atoms with van der Waals surface area (Å²) < 4.78 is 33.8. The van der Waals surface area contributed by atoms with E-state index in [1.165, 1.54) is 45.6 Å². The smallest absolute Gasteiger partial charge is 0.276 e. The lowest BCUT2D eigenvalue weighted by molar-refractivity contribution is -0.159. The molecule has 0 amide bonds. The Morgan fingerprint density at radius 2 is 1.14 bits per heavy atom. The van der Waals surface area contributed by atoms with Crippen LogP contribution < -0.4 is 0 Å². The molecule has 0 aliphatic carbocycles. The number of hydrogen-bond acceptors (Lipinski definition) is 1. The van der Waals surface area contributed by atoms with Crippen molar-refractivity contribution in [1.82, 2.24) is 0 Å². The van der Waals surface area contributed by atoms with E-state index in [1.54, 1.807) is 6.92 Å². The fourth-order valence-electron chi connectivity index (χ4n) is 3.08. The number of methoxy groups -OCH3 is 1. The summed E-state index contributed by atoms with van der Waals surface area (Å²) in [6, 6.07) is 0. The van der Waals surface area contributed by atoms with Gasteiger partial charge in [0.1, 0.15) is 6.61 Å². The molecule has 0 heterocycles. The molecule has 134 valence electrons. The molecule has 0 atom stereocenters. The first-order valence-corrected chi connectivity index (χ1v) is 9.30. The molecule has 3 heteroatoms. The zero-order valence-corrected chi connectivity index (χ0v) is 15.4. The maximum atomic E-state index is 14.5. The summed E-state index contributed by atoms with van der Waals surface area (Å²) >= 11 is 0. The van der Waals surface area contributed by atoms with Crippen LogP contribution in [0.15, 0.2) is 0 Å². The van der Waals surface area contributed by atoms with Gasteiger partial charge in [0.15, 0.2) is 0 Å². The van der Waals surface area contributed by atoms with Gasteiger partial charge >= 0.3 is 0 Å². The second-order valence-electron chi connectivity index (χ2n) is 7.03. The van der Waals surface area contributed by atoms with Gasteiger partial charge in [-0.05, 0) is 12.8 Å². The van der Waals surface area contributed by atoms with E-state index in [9.17, 15) is 8.78 Å². The Labute approximate surface area is 137 Å². The van der Waals surface area contributed by atoms with Crippen molar-refractivity contribution in [3.05, 3.63) is 0 Å². The van der Waals surface area contributed by atoms with Gasteiger partial charge in [0.25, 0.3) is 5.92 Å². The quantitative estimate of drug-likeness (QED) is 0.295. The molecule has 0 aromatic heterocycles. The highest BCUT2D eigenvalue weighted by Crippen LogP contribution is 2.45. The van der Waals surface area contributed by atoms with E-state index in [1.807, 2.05) is 0 Å². The molecular formula is C19H38F2O. The third-order valence-corrected chi connectivity index (χ3v) is 4.87. The molecule has 22 heavy (non-hydrogen) atoms. The number of rotatable bonds is 15. The van der Waals surface area contributed by atoms with Crippen molar-refractivity contribution in [2.24, 2.45) is 5.41 Å². The molecule has 1 nitrogen and oxygen atoms in total. The largest absolute Gasteiger partial charge is 0.378 e. The summed E-state index contributed by atoms with van der Waals surface area (Å²) in [7, 11) is 1.37. The molecule has 0 aromatic rings. The fourth-order valence-corrected chi connectivity index (χ4v) is 3.08. The van der Waals surface area contributed by atoms with Crippen LogP contribution in [-0.4, -0.2) is 19.6 Å². The third-order valence-electron chi connectivity index (χ3n) is 4.87. The van der Waals surface area contributed by atoms with E-state index >= 15 is 0 Å². The predicted molar refractivity (Wildman–Crippen MR) is 91.7 cm³/mol. The standard InChI is InChI=1S/C19H38F2O/c1-5-7-9-11-13-15-18(3,19(20,21)17-22-4)16-14-12-10-8-6-2/h5-17H2,1-4H3. The van der Waals surface area contributed by atoms with Crippen molar-refractivity contribution >= 4 is 0 Å². The molecular weight excluding hydrogens is 282 g/mol. The molecule has 0 N–H and O–H groups in total. The van der Waals surface area contributed by atoms with Crippen LogP contribution in [0.25, 0.3) is 0 Å². The van der Waals surface area contributed by atoms with Gasteiger partial charge in [-0.25, -0.2) is 8.78 Å². The minimum Gasteiger partial charge on any atom is -0.378 e. The van der Waals surface area contributed by atoms with Crippen molar-refractivity contribution in [3.63, 3.8) is 0 Å². The highest BCUT2D eigenvalue weighted by Gasteiger charge is 2.48. The van der Waals surface area contributed by atoms with Gasteiger partial charge in [-0.2, -0.15) is 0 Å². The minimum absolute atomic E-state index is 0.451. The summed E-state index contributed by atoms with van der Waals surface area (Å²) in [6.07, 6.45) is 12.3. The van der Waals surface area contributed by atoms with Gasteiger partial charge in [-0.15, -0.1) is 0 Å². The van der Waals surface area contributed by atoms with Gasteiger partial charge in [0.2, 0.25) is 0 Å². The van der Waals surface area contributed by atoms with E-state index in [-0.39, 0.29) is 0 Å². The Kier molecular flexibility index (Phi) is 12.2. The Morgan fingerprint density at radius 1 is 0.727 bits per heavy atom. The van der Waals surface area contributed by atoms with Gasteiger partial charge < -0.3 is 4.74 Å². The van der Waals surface area contributed by atoms with Gasteiger partial charge in [-0.3, -0.25) is 0 Å². The number of halogens is 2. The minimum atomic E-state index is -2.72. The average Bonchev–Trinajstić information content (AvgIpc) is 2.46. The maximum Gasteiger partial charge on any atom is 0.276 e. The molecule has 0 fully saturated rings. The highest BCUT2D eigenvalue weighted by atomic mass is 19.3. The van der Waals surface area contributed by atoms with Crippen LogP contribution in [0.1, 0.15) is 97.8 Å². The van der Waals surface area contributed by atoms with E-state index in [0.29, 0.717) is 12.8 Å². The highest BCUT2D eigenvalue weighted by molar-refractivity contribution is 4.89. The topological polar surface area (TPSA) is 9.23 Å². The molecule has 0 radical (unpaired) electrons. The van der Waals surface area contributed by atoms with Crippen molar-refractivity contribution in [2.75, 3.05) is 13.7 Å². The lowest BCUT2D eigenvalue weighted by Gasteiger charge is -2.37. The second-order valence-corrected chi connectivity index (χ2v) is 7.03. The van der Waals surface area contributed by atoms with E-state index in [2.05, 4.69) is 13.8 Å². The summed E-state index contributed by atoms with van der Waals surface area (Å²) in [5, 5.41) is 0. The zero-order valence-electron chi connectivity index (χ0n) is 15.4. The van der Waals surface area contributed by atoms with Crippen molar-refractivity contribution in [3.8, 4) is 0 Å². The molecule has 0 saturated heterocycles. The monoisotopic (exact) mass is 320 g/mol. The maximum absolute atomic E-state index is 14.5. The van der Waals surface area contributed by atoms with Crippen LogP contribution in [0.2, 0.25) is 0 Å². The number of hydrogen-bond donors (Lipinski definition) is 0. The molecule has 0 aliphatic rings. The van der Waals surface area contributed by atoms with Crippen molar-refractivity contribution < 1.29 is 13.5 Å². The molecule has 0 spiro atoms. The Morgan fingerprint density at radius 3 is 1.50 bits per heavy atom. The van der Waals surface area contributed by atoms with Crippen LogP contribution in [0.3, 0.4) is 0 Å². The molecule has 0 aliphatic heterocycles. The predicted octanol–water partition coefficient (Wildman–Crippen LogP) is 7.00. The van der Waals surface area contributed by atoms with Crippen LogP contribution >= 0.6 is 0 Å². The van der Waals surface area contributed by atoms with Crippen LogP contribution in [0, 0.1) is 5.41 Å². The van der Waals surface area contributed by atoms with Crippen LogP contribution in [-0.2, 0) is 4.74 Å². The summed E-state index contributed by atoms with van der Waals surface area (Å²) in [6.45, 7) is 5.67.